The Morgan fingerprint density at radius 2 is 1.12 bits per heavy atom. The summed E-state index contributed by atoms with van der Waals surface area (Å²) in [4.78, 5) is 235. The van der Waals surface area contributed by atoms with Crippen LogP contribution in [0.25, 0.3) is 0 Å². The fourth-order valence-electron chi connectivity index (χ4n) is 9.74. The second-order valence-electron chi connectivity index (χ2n) is 24.3. The van der Waals surface area contributed by atoms with Gasteiger partial charge in [0.25, 0.3) is 0 Å². The normalized spacial score (nSPS) is 27.2. The summed E-state index contributed by atoms with van der Waals surface area (Å²) in [7, 11) is 2.85. The molecule has 0 spiro atoms. The average Bonchev–Trinajstić information content (AvgIpc) is 0.895. The molecule has 42 heteroatoms. The van der Waals surface area contributed by atoms with Crippen LogP contribution in [0.5, 0.6) is 5.75 Å². The first-order valence-electron chi connectivity index (χ1n) is 32.3. The predicted octanol–water partition coefficient (Wildman–Crippen LogP) is -7.41. The molecule has 102 heavy (non-hydrogen) atoms. The molecule has 0 radical (unpaired) electrons. The lowest BCUT2D eigenvalue weighted by atomic mass is 9.97. The number of aromatic hydroxyl groups is 1. The molecule has 4 fully saturated rings. The van der Waals surface area contributed by atoms with Crippen LogP contribution in [0.3, 0.4) is 0 Å². The van der Waals surface area contributed by atoms with Crippen molar-refractivity contribution in [1.29, 1.82) is 0 Å². The smallest absolute Gasteiger partial charge is 0.327 e. The summed E-state index contributed by atoms with van der Waals surface area (Å²) in [6.07, 6.45) is -5.15. The van der Waals surface area contributed by atoms with Crippen LogP contribution in [0.15, 0.2) is 24.3 Å². The molecular weight excluding hydrogens is 1430 g/mol. The Morgan fingerprint density at radius 1 is 0.588 bits per heavy atom. The maximum atomic E-state index is 14.8. The molecule has 566 valence electrons. The van der Waals surface area contributed by atoms with Gasteiger partial charge in [0.15, 0.2) is 0 Å². The van der Waals surface area contributed by atoms with Crippen LogP contribution in [-0.2, 0) is 87.9 Å². The third-order valence-corrected chi connectivity index (χ3v) is 20.8. The van der Waals surface area contributed by atoms with E-state index in [-0.39, 0.29) is 18.6 Å². The number of carboxylic acids is 2. The van der Waals surface area contributed by atoms with Crippen molar-refractivity contribution in [2.24, 2.45) is 11.7 Å². The molecule has 38 nitrogen and oxygen atoms in total. The van der Waals surface area contributed by atoms with Crippen LogP contribution in [0, 0.1) is 5.92 Å². The molecule has 15 amide bonds. The van der Waals surface area contributed by atoms with Crippen LogP contribution in [0.1, 0.15) is 92.6 Å². The fourth-order valence-corrected chi connectivity index (χ4v) is 14.4. The average molecular weight is 1520 g/mol. The lowest BCUT2D eigenvalue weighted by Crippen LogP contribution is -2.62. The topological polar surface area (TPSA) is 598 Å². The predicted molar refractivity (Wildman–Crippen MR) is 369 cm³/mol. The van der Waals surface area contributed by atoms with Gasteiger partial charge in [-0.3, -0.25) is 76.7 Å². The summed E-state index contributed by atoms with van der Waals surface area (Å²) in [5.41, 5.74) is 5.79. The number of phenols is 1. The molecule has 4 aliphatic heterocycles. The number of primary amides is 1. The monoisotopic (exact) mass is 1510 g/mol. The first-order chi connectivity index (χ1) is 48.0. The van der Waals surface area contributed by atoms with E-state index in [0.717, 1.165) is 42.4 Å². The third-order valence-electron chi connectivity index (χ3n) is 15.9. The molecule has 22 N–H and O–H groups in total. The van der Waals surface area contributed by atoms with Gasteiger partial charge >= 0.3 is 11.9 Å². The molecule has 4 aliphatic rings. The summed E-state index contributed by atoms with van der Waals surface area (Å²) < 4.78 is 0. The van der Waals surface area contributed by atoms with Gasteiger partial charge in [-0.1, -0.05) is 75.6 Å². The number of carboxylic acid groups (broad SMARTS) is 2. The van der Waals surface area contributed by atoms with E-state index in [1.165, 1.54) is 45.0 Å². The number of fused-ring (bicyclic) bond motifs is 37. The van der Waals surface area contributed by atoms with Gasteiger partial charge in [0.2, 0.25) is 88.6 Å². The van der Waals surface area contributed by atoms with Crippen molar-refractivity contribution in [3.05, 3.63) is 29.8 Å². The zero-order valence-corrected chi connectivity index (χ0v) is 60.0. The number of carbonyl (C=O) groups excluding carboxylic acids is 15. The van der Waals surface area contributed by atoms with Crippen LogP contribution in [-0.4, -0.2) is 259 Å². The summed E-state index contributed by atoms with van der Waals surface area (Å²) in [5, 5.41) is 88.1. The van der Waals surface area contributed by atoms with Crippen molar-refractivity contribution in [3.63, 3.8) is 0 Å². The number of benzene rings is 1. The van der Waals surface area contributed by atoms with Crippen LogP contribution < -0.4 is 85.5 Å². The molecule has 17 atom stereocenters. The van der Waals surface area contributed by atoms with E-state index < -0.39 is 252 Å². The lowest BCUT2D eigenvalue weighted by molar-refractivity contribution is -0.141. The number of carbonyl (C=O) groups is 17. The van der Waals surface area contributed by atoms with Crippen molar-refractivity contribution in [3.8, 4) is 5.75 Å². The number of aliphatic hydroxyl groups excluding tert-OH is 2. The Labute approximate surface area is 601 Å². The summed E-state index contributed by atoms with van der Waals surface area (Å²) >= 11 is 0. The van der Waals surface area contributed by atoms with Crippen molar-refractivity contribution < 1.29 is 107 Å². The van der Waals surface area contributed by atoms with Gasteiger partial charge in [-0.2, -0.15) is 0 Å². The minimum atomic E-state index is -2.02. The van der Waals surface area contributed by atoms with Crippen molar-refractivity contribution in [1.82, 2.24) is 79.8 Å². The highest BCUT2D eigenvalue weighted by Gasteiger charge is 2.40. The van der Waals surface area contributed by atoms with Crippen molar-refractivity contribution in [2.75, 3.05) is 36.1 Å². The number of hydrogen-bond donors (Lipinski definition) is 21. The molecule has 0 aromatic heterocycles. The number of nitrogens with one attached hydrogen (secondary N) is 15. The van der Waals surface area contributed by atoms with Gasteiger partial charge < -0.3 is 111 Å². The lowest BCUT2D eigenvalue weighted by Gasteiger charge is -2.30. The molecule has 4 saturated heterocycles. The quantitative estimate of drug-likeness (QED) is 0.0480. The van der Waals surface area contributed by atoms with Gasteiger partial charge in [-0.25, -0.2) is 4.79 Å². The van der Waals surface area contributed by atoms with E-state index in [9.17, 15) is 107 Å². The maximum absolute atomic E-state index is 14.8. The number of rotatable bonds is 18. The second-order valence-corrected chi connectivity index (χ2v) is 29.4. The standard InChI is InChI=1S/C60H90N16O22S4/c1-8-25(2)44-58(95)72-37-21-101-102-24-40(60(97)98)67-42(81)20-63-57(94)45(29(6)77)75-56(93)39(71-49(86)27(4)64-47(84)26(3)65-52(89)35(18-31-11-13-32(79)14-12-31)69-48(85)28(5)66-54(37)91)23-100-99-22-38(55(92)68-34(51(88)74-44)15-16-43(82)83)73-59(96)46(30(7)78)76-53(90)36(19-41(61)80)70-50(87)33-10-9-17-62-33/h11-14,25-30,33-40,44-46,62,77-79H,8-10,15-24H2,1-7H3,(H2,61,80)(H,63,94)(H,64,84)(H,65,89)(H,66,91)(H,67,81)(H,68,92)(H,69,85)(H,70,87)(H,71,86)(H,72,95)(H,73,96)(H,74,88)(H,75,93)(H,76,90)(H,82,83)(H,97,98)/t25-,26-,27-,28-,29+,30+,33-,34-,35-,36-,37-,38-,39-,40-,44-,45-,46-/m0/s1. The second kappa shape index (κ2) is 42.0. The molecule has 2 bridgehead atoms. The Bertz CT molecular complexity index is 3230. The zero-order valence-electron chi connectivity index (χ0n) is 56.7. The molecule has 4 heterocycles. The summed E-state index contributed by atoms with van der Waals surface area (Å²) in [5.74, 6) is -22.9. The van der Waals surface area contributed by atoms with Gasteiger partial charge in [0, 0.05) is 35.9 Å². The van der Waals surface area contributed by atoms with Crippen LogP contribution in [0.2, 0.25) is 0 Å². The third kappa shape index (κ3) is 28.3. The number of aliphatic carboxylic acids is 2. The Kier molecular flexibility index (Phi) is 35.3. The number of hydrogen-bond acceptors (Lipinski definition) is 25. The first kappa shape index (κ1) is 85.7. The number of nitrogens with two attached hydrogens (primary N) is 1. The summed E-state index contributed by atoms with van der Waals surface area (Å²) in [6, 6.07) is -17.9. The SMILES string of the molecule is CC[C@H](C)[C@@H]1NC(=O)[C@H](CCC(=O)O)NC(=O)[C@@H](NC(=O)[C@@H](NC(=O)[C@H](CC(N)=O)NC(=O)[C@@H]2CCCN2)[C@@H](C)O)CSSC[C@@H]2NC(=O)[C@H](C)NC(=O)[C@H](C)NC(=O)[C@H](Cc3ccc(O)cc3)NC(=O)[C@H](C)NC(=O)[C@H](CSSC[C@@H](C(=O)O)NC(=O)CNC(=O)[C@H]([C@@H](C)O)NC2=O)NC1=O. The van der Waals surface area contributed by atoms with Crippen LogP contribution in [0.4, 0.5) is 0 Å². The van der Waals surface area contributed by atoms with E-state index in [0.29, 0.717) is 46.5 Å². The minimum Gasteiger partial charge on any atom is -0.508 e. The number of phenolic OH excluding ortho intramolecular Hbond substituents is 1. The highest BCUT2D eigenvalue weighted by Crippen LogP contribution is 2.26. The van der Waals surface area contributed by atoms with E-state index in [1.807, 2.05) is 0 Å². The molecular formula is C60H90N16O22S4. The van der Waals surface area contributed by atoms with Crippen molar-refractivity contribution >= 4 is 144 Å². The van der Waals surface area contributed by atoms with Gasteiger partial charge in [0.1, 0.15) is 84.3 Å². The first-order valence-corrected chi connectivity index (χ1v) is 37.3. The minimum absolute atomic E-state index is 0.112. The molecule has 1 aromatic rings. The van der Waals surface area contributed by atoms with E-state index >= 15 is 0 Å². The number of amides is 15. The highest BCUT2D eigenvalue weighted by molar-refractivity contribution is 8.77. The molecule has 5 rings (SSSR count). The molecule has 1 aromatic carbocycles. The highest BCUT2D eigenvalue weighted by atomic mass is 33.1. The van der Waals surface area contributed by atoms with E-state index in [4.69, 9.17) is 5.73 Å². The van der Waals surface area contributed by atoms with Crippen molar-refractivity contribution in [2.45, 2.75) is 190 Å². The molecule has 0 saturated carbocycles. The maximum Gasteiger partial charge on any atom is 0.327 e. The largest absolute Gasteiger partial charge is 0.508 e. The zero-order chi connectivity index (χ0) is 76.2. The summed E-state index contributed by atoms with van der Waals surface area (Å²) in [6.45, 7) is 8.30. The van der Waals surface area contributed by atoms with Gasteiger partial charge in [-0.05, 0) is 84.0 Å². The van der Waals surface area contributed by atoms with E-state index in [2.05, 4.69) is 79.8 Å². The fraction of sp³-hybridized carbons (Fsp3) is 0.617. The molecule has 0 unspecified atom stereocenters. The van der Waals surface area contributed by atoms with Gasteiger partial charge in [-0.15, -0.1) is 0 Å². The Hall–Kier alpha value is -8.71. The Balaban J connectivity index is 1.94. The molecule has 0 aliphatic carbocycles. The van der Waals surface area contributed by atoms with E-state index in [1.54, 1.807) is 6.92 Å². The Morgan fingerprint density at radius 3 is 1.68 bits per heavy atom. The van der Waals surface area contributed by atoms with Crippen LogP contribution >= 0.6 is 43.2 Å². The van der Waals surface area contributed by atoms with Gasteiger partial charge in [0.05, 0.1) is 31.2 Å². The number of aliphatic hydroxyl groups is 2.